The van der Waals surface area contributed by atoms with Crippen LogP contribution in [0.4, 0.5) is 0 Å². The maximum absolute atomic E-state index is 12.5. The van der Waals surface area contributed by atoms with Gasteiger partial charge in [-0.3, -0.25) is 14.0 Å². The van der Waals surface area contributed by atoms with E-state index >= 15 is 0 Å². The topological polar surface area (TPSA) is 83.7 Å². The van der Waals surface area contributed by atoms with Crippen LogP contribution in [0.1, 0.15) is 34.5 Å². The average molecular weight is 323 g/mol. The fraction of sp³-hybridized carbons (Fsp3) is 0.167. The van der Waals surface area contributed by atoms with Crippen LogP contribution < -0.4 is 10.9 Å². The third-order valence-corrected chi connectivity index (χ3v) is 3.84. The van der Waals surface area contributed by atoms with E-state index in [1.54, 1.807) is 19.1 Å². The van der Waals surface area contributed by atoms with Crippen molar-refractivity contribution in [1.82, 2.24) is 14.7 Å². The van der Waals surface area contributed by atoms with Crippen molar-refractivity contribution in [1.29, 1.82) is 0 Å². The van der Waals surface area contributed by atoms with Gasteiger partial charge < -0.3 is 10.4 Å². The highest BCUT2D eigenvalue weighted by Crippen LogP contribution is 2.15. The summed E-state index contributed by atoms with van der Waals surface area (Å²) in [5.74, 6) is -1.22. The zero-order valence-electron chi connectivity index (χ0n) is 13.4. The van der Waals surface area contributed by atoms with Gasteiger partial charge in [-0.2, -0.15) is 4.98 Å². The minimum atomic E-state index is -0.656. The van der Waals surface area contributed by atoms with Gasteiger partial charge in [-0.05, 0) is 37.1 Å². The van der Waals surface area contributed by atoms with Gasteiger partial charge in [0.05, 0.1) is 6.04 Å². The number of carbonyl (C=O) groups excluding carboxylic acids is 1. The van der Waals surface area contributed by atoms with E-state index in [0.29, 0.717) is 5.65 Å². The van der Waals surface area contributed by atoms with Gasteiger partial charge in [0.1, 0.15) is 5.65 Å². The number of aryl methyl sites for hydroxylation is 1. The van der Waals surface area contributed by atoms with Crippen molar-refractivity contribution in [3.8, 4) is 5.88 Å². The number of benzene rings is 1. The van der Waals surface area contributed by atoms with Crippen molar-refractivity contribution < 1.29 is 9.90 Å². The summed E-state index contributed by atoms with van der Waals surface area (Å²) >= 11 is 0. The number of pyridine rings is 1. The molecule has 122 valence electrons. The van der Waals surface area contributed by atoms with E-state index in [9.17, 15) is 14.7 Å². The molecule has 0 aliphatic carbocycles. The second kappa shape index (κ2) is 6.16. The Kier molecular flexibility index (Phi) is 4.04. The number of aromatic nitrogens is 2. The van der Waals surface area contributed by atoms with E-state index in [4.69, 9.17) is 0 Å². The highest BCUT2D eigenvalue weighted by atomic mass is 16.3. The molecule has 3 rings (SSSR count). The van der Waals surface area contributed by atoms with Crippen molar-refractivity contribution in [2.75, 3.05) is 0 Å². The van der Waals surface area contributed by atoms with Crippen LogP contribution in [-0.2, 0) is 0 Å². The van der Waals surface area contributed by atoms with Crippen molar-refractivity contribution >= 4 is 11.6 Å². The van der Waals surface area contributed by atoms with Gasteiger partial charge in [-0.1, -0.05) is 30.3 Å². The summed E-state index contributed by atoms with van der Waals surface area (Å²) < 4.78 is 1.24. The molecular weight excluding hydrogens is 306 g/mol. The summed E-state index contributed by atoms with van der Waals surface area (Å²) in [4.78, 5) is 28.9. The predicted molar refractivity (Wildman–Crippen MR) is 90.2 cm³/mol. The number of nitrogens with one attached hydrogen (secondary N) is 1. The number of nitrogens with zero attached hydrogens (tertiary/aromatic N) is 2. The normalized spacial score (nSPS) is 12.1. The Balaban J connectivity index is 1.98. The minimum Gasteiger partial charge on any atom is -0.493 e. The lowest BCUT2D eigenvalue weighted by atomic mass is 10.1. The molecule has 6 heteroatoms. The number of amides is 1. The zero-order valence-corrected chi connectivity index (χ0v) is 13.4. The van der Waals surface area contributed by atoms with Crippen LogP contribution in [0.25, 0.3) is 5.65 Å². The second-order valence-electron chi connectivity index (χ2n) is 5.65. The highest BCUT2D eigenvalue weighted by Gasteiger charge is 2.21. The van der Waals surface area contributed by atoms with E-state index in [1.807, 2.05) is 37.3 Å². The second-order valence-corrected chi connectivity index (χ2v) is 5.65. The molecule has 2 heterocycles. The van der Waals surface area contributed by atoms with Gasteiger partial charge >= 0.3 is 0 Å². The molecule has 1 atom stereocenters. The third-order valence-electron chi connectivity index (χ3n) is 3.84. The van der Waals surface area contributed by atoms with Crippen molar-refractivity contribution in [2.45, 2.75) is 19.9 Å². The molecule has 0 saturated carbocycles. The van der Waals surface area contributed by atoms with Gasteiger partial charge in [0.2, 0.25) is 5.88 Å². The van der Waals surface area contributed by atoms with Gasteiger partial charge in [0, 0.05) is 6.20 Å². The van der Waals surface area contributed by atoms with Gasteiger partial charge in [0.15, 0.2) is 5.56 Å². The molecule has 2 aromatic heterocycles. The molecule has 1 aromatic carbocycles. The van der Waals surface area contributed by atoms with Gasteiger partial charge in [-0.25, -0.2) is 0 Å². The fourth-order valence-electron chi connectivity index (χ4n) is 2.52. The molecule has 0 fully saturated rings. The Bertz CT molecular complexity index is 964. The number of fused-ring (bicyclic) bond motifs is 1. The Labute approximate surface area is 138 Å². The van der Waals surface area contributed by atoms with Crippen LogP contribution in [-0.4, -0.2) is 20.4 Å². The molecule has 0 spiro atoms. The van der Waals surface area contributed by atoms with E-state index in [-0.39, 0.29) is 11.6 Å². The molecule has 24 heavy (non-hydrogen) atoms. The Morgan fingerprint density at radius 2 is 1.96 bits per heavy atom. The first-order valence-electron chi connectivity index (χ1n) is 7.55. The first kappa shape index (κ1) is 15.7. The summed E-state index contributed by atoms with van der Waals surface area (Å²) in [5.41, 5.74) is 1.13. The third kappa shape index (κ3) is 2.86. The Morgan fingerprint density at radius 3 is 2.67 bits per heavy atom. The predicted octanol–water partition coefficient (Wildman–Crippen LogP) is 2.20. The zero-order chi connectivity index (χ0) is 17.3. The molecular formula is C18H17N3O3. The first-order chi connectivity index (χ1) is 11.5. The van der Waals surface area contributed by atoms with Crippen molar-refractivity contribution in [3.05, 3.63) is 75.7 Å². The highest BCUT2D eigenvalue weighted by molar-refractivity contribution is 5.96. The molecule has 1 unspecified atom stereocenters. The first-order valence-corrected chi connectivity index (χ1v) is 7.55. The molecule has 0 bridgehead atoms. The number of aromatic hydroxyl groups is 1. The van der Waals surface area contributed by atoms with E-state index < -0.39 is 17.3 Å². The van der Waals surface area contributed by atoms with Crippen LogP contribution in [0, 0.1) is 6.92 Å². The van der Waals surface area contributed by atoms with Crippen molar-refractivity contribution in [2.24, 2.45) is 0 Å². The lowest BCUT2D eigenvalue weighted by Gasteiger charge is -2.14. The Hall–Kier alpha value is -3.15. The maximum atomic E-state index is 12.5. The van der Waals surface area contributed by atoms with Crippen molar-refractivity contribution in [3.63, 3.8) is 0 Å². The molecule has 6 nitrogen and oxygen atoms in total. The summed E-state index contributed by atoms with van der Waals surface area (Å²) in [6.45, 7) is 3.66. The monoisotopic (exact) mass is 323 g/mol. The van der Waals surface area contributed by atoms with Gasteiger partial charge in [0.25, 0.3) is 11.5 Å². The van der Waals surface area contributed by atoms with Crippen LogP contribution >= 0.6 is 0 Å². The summed E-state index contributed by atoms with van der Waals surface area (Å²) in [5, 5.41) is 12.8. The molecule has 0 aliphatic rings. The largest absolute Gasteiger partial charge is 0.493 e. The number of rotatable bonds is 3. The standard InChI is InChI=1S/C18H17N3O3/c1-11-8-9-21-14(10-11)20-17(23)15(18(21)24)16(22)19-12(2)13-6-4-3-5-7-13/h3-10,12,23H,1-2H3,(H,19,22). The average Bonchev–Trinajstić information content (AvgIpc) is 2.55. The summed E-state index contributed by atoms with van der Waals surface area (Å²) in [6, 6.07) is 12.4. The molecule has 0 radical (unpaired) electrons. The Morgan fingerprint density at radius 1 is 1.25 bits per heavy atom. The smallest absolute Gasteiger partial charge is 0.274 e. The van der Waals surface area contributed by atoms with E-state index in [2.05, 4.69) is 10.3 Å². The van der Waals surface area contributed by atoms with Crippen LogP contribution in [0.3, 0.4) is 0 Å². The quantitative estimate of drug-likeness (QED) is 0.774. The fourth-order valence-corrected chi connectivity index (χ4v) is 2.52. The summed E-state index contributed by atoms with van der Waals surface area (Å²) in [7, 11) is 0. The molecule has 0 saturated heterocycles. The molecule has 0 aliphatic heterocycles. The summed E-state index contributed by atoms with van der Waals surface area (Å²) in [6.07, 6.45) is 1.54. The van der Waals surface area contributed by atoms with E-state index in [1.165, 1.54) is 10.6 Å². The lowest BCUT2D eigenvalue weighted by molar-refractivity contribution is 0.0934. The van der Waals surface area contributed by atoms with E-state index in [0.717, 1.165) is 11.1 Å². The van der Waals surface area contributed by atoms with Gasteiger partial charge in [-0.15, -0.1) is 0 Å². The van der Waals surface area contributed by atoms with Crippen LogP contribution in [0.2, 0.25) is 0 Å². The number of carbonyl (C=O) groups is 1. The molecule has 3 aromatic rings. The SMILES string of the molecule is Cc1ccn2c(=O)c(C(=O)NC(C)c3ccccc3)c(O)nc2c1. The number of hydrogen-bond donors (Lipinski definition) is 2. The number of hydrogen-bond acceptors (Lipinski definition) is 4. The molecule has 1 amide bonds. The molecule has 2 N–H and O–H groups in total. The van der Waals surface area contributed by atoms with Crippen LogP contribution in [0.15, 0.2) is 53.5 Å². The lowest BCUT2D eigenvalue weighted by Crippen LogP contribution is -2.33. The maximum Gasteiger partial charge on any atom is 0.274 e. The van der Waals surface area contributed by atoms with Crippen LogP contribution in [0.5, 0.6) is 5.88 Å². The minimum absolute atomic E-state index is 0.296.